The second-order valence-corrected chi connectivity index (χ2v) is 4.20. The molecule has 3 heteroatoms. The van der Waals surface area contributed by atoms with Crippen LogP contribution in [-0.2, 0) is 18.3 Å². The quantitative estimate of drug-likeness (QED) is 0.847. The van der Waals surface area contributed by atoms with Crippen molar-refractivity contribution in [1.82, 2.24) is 4.57 Å². The van der Waals surface area contributed by atoms with E-state index in [0.29, 0.717) is 6.42 Å². The van der Waals surface area contributed by atoms with E-state index in [1.807, 2.05) is 25.4 Å². The highest BCUT2D eigenvalue weighted by Gasteiger charge is 2.13. The van der Waals surface area contributed by atoms with Crippen molar-refractivity contribution in [1.29, 1.82) is 0 Å². The molecule has 84 valence electrons. The van der Waals surface area contributed by atoms with Gasteiger partial charge in [0, 0.05) is 24.1 Å². The minimum absolute atomic E-state index is 0.0351. The molecule has 2 rings (SSSR count). The van der Waals surface area contributed by atoms with Gasteiger partial charge in [-0.1, -0.05) is 18.2 Å². The van der Waals surface area contributed by atoms with Crippen LogP contribution in [0, 0.1) is 0 Å². The predicted molar refractivity (Wildman–Crippen MR) is 65.3 cm³/mol. The number of ketones is 1. The van der Waals surface area contributed by atoms with E-state index in [-0.39, 0.29) is 5.78 Å². The second kappa shape index (κ2) is 4.10. The van der Waals surface area contributed by atoms with Gasteiger partial charge >= 0.3 is 0 Å². The monoisotopic (exact) mass is 216 g/mol. The Bertz CT molecular complexity index is 528. The fourth-order valence-corrected chi connectivity index (χ4v) is 1.97. The number of aromatic nitrogens is 1. The van der Waals surface area contributed by atoms with Gasteiger partial charge in [-0.3, -0.25) is 4.79 Å². The van der Waals surface area contributed by atoms with Crippen LogP contribution in [0.2, 0.25) is 0 Å². The molecule has 3 nitrogen and oxygen atoms in total. The second-order valence-electron chi connectivity index (χ2n) is 4.20. The van der Waals surface area contributed by atoms with Crippen LogP contribution < -0.4 is 5.73 Å². The number of carbonyl (C=O) groups is 1. The van der Waals surface area contributed by atoms with Crippen molar-refractivity contribution in [2.24, 2.45) is 12.8 Å². The summed E-state index contributed by atoms with van der Waals surface area (Å²) in [5.74, 6) is 0.0351. The maximum atomic E-state index is 11.2. The lowest BCUT2D eigenvalue weighted by molar-refractivity contribution is -0.118. The van der Waals surface area contributed by atoms with Gasteiger partial charge in [0.2, 0.25) is 0 Å². The van der Waals surface area contributed by atoms with E-state index in [2.05, 4.69) is 16.7 Å². The van der Waals surface area contributed by atoms with E-state index in [1.54, 1.807) is 0 Å². The number of nitrogens with two attached hydrogens (primary N) is 1. The lowest BCUT2D eigenvalue weighted by atomic mass is 10.0. The van der Waals surface area contributed by atoms with Crippen molar-refractivity contribution in [2.45, 2.75) is 19.4 Å². The smallest absolute Gasteiger partial charge is 0.146 e. The molecule has 0 bridgehead atoms. The molecule has 0 saturated carbocycles. The molecule has 0 radical (unpaired) electrons. The standard InChI is InChI=1S/C13H16N2O/c1-9(16)12(14)7-10-8-15(2)13-6-4-3-5-11(10)13/h3-6,8,12H,7,14H2,1-2H3/t12-/m1/s1. The summed E-state index contributed by atoms with van der Waals surface area (Å²) in [6, 6.07) is 7.75. The Morgan fingerprint density at radius 3 is 2.81 bits per heavy atom. The first-order valence-corrected chi connectivity index (χ1v) is 5.38. The summed E-state index contributed by atoms with van der Waals surface area (Å²) in [6.45, 7) is 1.54. The first-order valence-electron chi connectivity index (χ1n) is 5.38. The molecular weight excluding hydrogens is 200 g/mol. The van der Waals surface area contributed by atoms with Gasteiger partial charge in [-0.25, -0.2) is 0 Å². The number of fused-ring (bicyclic) bond motifs is 1. The van der Waals surface area contributed by atoms with Gasteiger partial charge in [0.15, 0.2) is 0 Å². The molecular formula is C13H16N2O. The third-order valence-electron chi connectivity index (χ3n) is 2.94. The van der Waals surface area contributed by atoms with Crippen LogP contribution in [0.15, 0.2) is 30.5 Å². The van der Waals surface area contributed by atoms with Gasteiger partial charge < -0.3 is 10.3 Å². The Labute approximate surface area is 94.9 Å². The number of Topliss-reactive ketones (excluding diaryl/α,β-unsaturated/α-hetero) is 1. The normalized spacial score (nSPS) is 12.9. The first kappa shape index (κ1) is 10.9. The number of benzene rings is 1. The fraction of sp³-hybridized carbons (Fsp3) is 0.308. The Hall–Kier alpha value is -1.61. The van der Waals surface area contributed by atoms with E-state index in [1.165, 1.54) is 17.8 Å². The molecule has 0 aliphatic carbocycles. The van der Waals surface area contributed by atoms with Crippen LogP contribution in [0.1, 0.15) is 12.5 Å². The summed E-state index contributed by atoms with van der Waals surface area (Å²) in [5, 5.41) is 1.18. The number of carbonyl (C=O) groups excluding carboxylic acids is 1. The third-order valence-corrected chi connectivity index (χ3v) is 2.94. The van der Waals surface area contributed by atoms with Crippen molar-refractivity contribution < 1.29 is 4.79 Å². The molecule has 0 aliphatic rings. The Kier molecular flexibility index (Phi) is 2.79. The molecule has 1 heterocycles. The number of para-hydroxylation sites is 1. The molecule has 0 unspecified atom stereocenters. The number of nitrogens with zero attached hydrogens (tertiary/aromatic N) is 1. The molecule has 0 aliphatic heterocycles. The Morgan fingerprint density at radius 1 is 1.44 bits per heavy atom. The van der Waals surface area contributed by atoms with Crippen molar-refractivity contribution in [3.8, 4) is 0 Å². The fourth-order valence-electron chi connectivity index (χ4n) is 1.97. The molecule has 1 atom stereocenters. The summed E-state index contributed by atoms with van der Waals surface area (Å²) in [6.07, 6.45) is 2.66. The maximum absolute atomic E-state index is 11.2. The minimum atomic E-state index is -0.397. The number of hydrogen-bond donors (Lipinski definition) is 1. The van der Waals surface area contributed by atoms with Crippen molar-refractivity contribution >= 4 is 16.7 Å². The topological polar surface area (TPSA) is 48.0 Å². The minimum Gasteiger partial charge on any atom is -0.350 e. The van der Waals surface area contributed by atoms with Crippen molar-refractivity contribution in [2.75, 3.05) is 0 Å². The van der Waals surface area contributed by atoms with Crippen LogP contribution in [0.3, 0.4) is 0 Å². The summed E-state index contributed by atoms with van der Waals surface area (Å²) in [7, 11) is 2.01. The van der Waals surface area contributed by atoms with Crippen LogP contribution >= 0.6 is 0 Å². The summed E-state index contributed by atoms with van der Waals surface area (Å²) < 4.78 is 2.07. The van der Waals surface area contributed by atoms with Crippen molar-refractivity contribution in [3.05, 3.63) is 36.0 Å². The zero-order valence-corrected chi connectivity index (χ0v) is 9.60. The highest BCUT2D eigenvalue weighted by atomic mass is 16.1. The van der Waals surface area contributed by atoms with Gasteiger partial charge in [0.1, 0.15) is 5.78 Å². The molecule has 1 aromatic carbocycles. The van der Waals surface area contributed by atoms with E-state index in [0.717, 1.165) is 5.56 Å². The molecule has 0 spiro atoms. The molecule has 1 aromatic heterocycles. The molecule has 0 amide bonds. The Balaban J connectivity index is 2.42. The number of hydrogen-bond acceptors (Lipinski definition) is 2. The first-order chi connectivity index (χ1) is 7.59. The Morgan fingerprint density at radius 2 is 2.12 bits per heavy atom. The van der Waals surface area contributed by atoms with E-state index in [4.69, 9.17) is 5.73 Å². The zero-order valence-electron chi connectivity index (χ0n) is 9.60. The van der Waals surface area contributed by atoms with Gasteiger partial charge in [-0.2, -0.15) is 0 Å². The average molecular weight is 216 g/mol. The predicted octanol–water partition coefficient (Wildman–Crippen LogP) is 1.64. The molecule has 0 saturated heterocycles. The highest BCUT2D eigenvalue weighted by Crippen LogP contribution is 2.21. The maximum Gasteiger partial charge on any atom is 0.146 e. The van der Waals surface area contributed by atoms with Crippen molar-refractivity contribution in [3.63, 3.8) is 0 Å². The van der Waals surface area contributed by atoms with Gasteiger partial charge in [-0.05, 0) is 25.0 Å². The van der Waals surface area contributed by atoms with E-state index < -0.39 is 6.04 Å². The number of rotatable bonds is 3. The van der Waals surface area contributed by atoms with Crippen LogP contribution in [0.25, 0.3) is 10.9 Å². The largest absolute Gasteiger partial charge is 0.350 e. The van der Waals surface area contributed by atoms with Gasteiger partial charge in [0.05, 0.1) is 6.04 Å². The third kappa shape index (κ3) is 1.86. The average Bonchev–Trinajstić information content (AvgIpc) is 2.57. The lowest BCUT2D eigenvalue weighted by Gasteiger charge is -2.05. The summed E-state index contributed by atoms with van der Waals surface area (Å²) in [5.41, 5.74) is 8.10. The summed E-state index contributed by atoms with van der Waals surface area (Å²) in [4.78, 5) is 11.2. The molecule has 2 N–H and O–H groups in total. The summed E-state index contributed by atoms with van der Waals surface area (Å²) >= 11 is 0. The van der Waals surface area contributed by atoms with Gasteiger partial charge in [-0.15, -0.1) is 0 Å². The number of aryl methyl sites for hydroxylation is 1. The lowest BCUT2D eigenvalue weighted by Crippen LogP contribution is -2.30. The molecule has 16 heavy (non-hydrogen) atoms. The van der Waals surface area contributed by atoms with Crippen LogP contribution in [0.4, 0.5) is 0 Å². The van der Waals surface area contributed by atoms with Crippen LogP contribution in [-0.4, -0.2) is 16.4 Å². The van der Waals surface area contributed by atoms with E-state index >= 15 is 0 Å². The van der Waals surface area contributed by atoms with Gasteiger partial charge in [0.25, 0.3) is 0 Å². The molecule has 2 aromatic rings. The highest BCUT2D eigenvalue weighted by molar-refractivity contribution is 5.86. The van der Waals surface area contributed by atoms with E-state index in [9.17, 15) is 4.79 Å². The zero-order chi connectivity index (χ0) is 11.7. The SMILES string of the molecule is CC(=O)[C@H](N)Cc1cn(C)c2ccccc12. The molecule has 0 fully saturated rings. The van der Waals surface area contributed by atoms with Crippen LogP contribution in [0.5, 0.6) is 0 Å².